The quantitative estimate of drug-likeness (QED) is 0.205. The molecule has 0 aromatic carbocycles. The Kier molecular flexibility index (Phi) is 37.6. The molecule has 0 radical (unpaired) electrons. The van der Waals surface area contributed by atoms with Crippen LogP contribution in [0, 0.1) is 0 Å². The molecule has 0 fully saturated rings. The van der Waals surface area contributed by atoms with Crippen LogP contribution >= 0.6 is 0 Å². The number of hydrogen-bond acceptors (Lipinski definition) is 6. The number of aliphatic hydroxyl groups excluding tert-OH is 2. The first-order chi connectivity index (χ1) is 12.9. The van der Waals surface area contributed by atoms with Gasteiger partial charge < -0.3 is 20.1 Å². The van der Waals surface area contributed by atoms with Gasteiger partial charge >= 0.3 is 5.97 Å². The van der Waals surface area contributed by atoms with Crippen molar-refractivity contribution in [3.8, 4) is 0 Å². The van der Waals surface area contributed by atoms with E-state index in [-0.39, 0.29) is 18.6 Å². The SMILES string of the molecule is CC.CC.CC[C@@H](O)C(C)OC.O=C(O)CC(O)CCCCCCCOO. The van der Waals surface area contributed by atoms with Crippen molar-refractivity contribution in [1.82, 2.24) is 0 Å². The first-order valence-electron chi connectivity index (χ1n) is 10.3. The summed E-state index contributed by atoms with van der Waals surface area (Å²) in [5, 5.41) is 34.7. The minimum absolute atomic E-state index is 0.0278. The Hall–Kier alpha value is -0.730. The van der Waals surface area contributed by atoms with Gasteiger partial charge in [0.1, 0.15) is 0 Å². The number of carboxylic acid groups (broad SMARTS) is 1. The second-order valence-electron chi connectivity index (χ2n) is 5.56. The minimum atomic E-state index is -0.956. The lowest BCUT2D eigenvalue weighted by atomic mass is 10.1. The van der Waals surface area contributed by atoms with Crippen LogP contribution in [0.15, 0.2) is 0 Å². The Balaban J connectivity index is -0.000000186. The topological polar surface area (TPSA) is 116 Å². The lowest BCUT2D eigenvalue weighted by Crippen LogP contribution is -2.23. The van der Waals surface area contributed by atoms with E-state index in [2.05, 4.69) is 4.89 Å². The second kappa shape index (κ2) is 30.0. The van der Waals surface area contributed by atoms with Crippen LogP contribution in [-0.4, -0.2) is 58.6 Å². The molecule has 0 aliphatic heterocycles. The molecule has 2 unspecified atom stereocenters. The van der Waals surface area contributed by atoms with Crippen molar-refractivity contribution in [3.05, 3.63) is 0 Å². The molecular weight excluding hydrogens is 352 g/mol. The fourth-order valence-electron chi connectivity index (χ4n) is 1.87. The van der Waals surface area contributed by atoms with Crippen LogP contribution in [-0.2, 0) is 14.4 Å². The second-order valence-corrected chi connectivity index (χ2v) is 5.56. The zero-order valence-electron chi connectivity index (χ0n) is 18.6. The van der Waals surface area contributed by atoms with Gasteiger partial charge in [-0.3, -0.25) is 10.1 Å². The molecule has 0 rings (SSSR count). The number of aliphatic carboxylic acids is 1. The highest BCUT2D eigenvalue weighted by atomic mass is 17.1. The van der Waals surface area contributed by atoms with Crippen molar-refractivity contribution >= 4 is 5.97 Å². The summed E-state index contributed by atoms with van der Waals surface area (Å²) >= 11 is 0. The average Bonchev–Trinajstić information content (AvgIpc) is 2.69. The van der Waals surface area contributed by atoms with E-state index < -0.39 is 12.1 Å². The molecule has 0 heterocycles. The van der Waals surface area contributed by atoms with Gasteiger partial charge in [-0.1, -0.05) is 60.3 Å². The predicted octanol–water partition coefficient (Wildman–Crippen LogP) is 4.50. The number of ether oxygens (including phenoxy) is 1. The molecule has 0 aliphatic carbocycles. The van der Waals surface area contributed by atoms with Crippen molar-refractivity contribution in [3.63, 3.8) is 0 Å². The third kappa shape index (κ3) is 33.3. The highest BCUT2D eigenvalue weighted by Gasteiger charge is 2.09. The molecule has 7 nitrogen and oxygen atoms in total. The van der Waals surface area contributed by atoms with E-state index in [1.807, 2.05) is 41.5 Å². The van der Waals surface area contributed by atoms with Crippen LogP contribution < -0.4 is 0 Å². The number of rotatable bonds is 13. The Morgan fingerprint density at radius 2 is 1.44 bits per heavy atom. The summed E-state index contributed by atoms with van der Waals surface area (Å²) in [4.78, 5) is 14.1. The van der Waals surface area contributed by atoms with E-state index in [0.717, 1.165) is 38.5 Å². The largest absolute Gasteiger partial charge is 0.481 e. The van der Waals surface area contributed by atoms with E-state index in [1.54, 1.807) is 7.11 Å². The molecule has 4 N–H and O–H groups in total. The molecular formula is C20H46O7. The van der Waals surface area contributed by atoms with Gasteiger partial charge in [-0.2, -0.15) is 0 Å². The minimum Gasteiger partial charge on any atom is -0.481 e. The molecule has 0 saturated carbocycles. The summed E-state index contributed by atoms with van der Waals surface area (Å²) in [5.41, 5.74) is 0. The van der Waals surface area contributed by atoms with Crippen LogP contribution in [0.25, 0.3) is 0 Å². The van der Waals surface area contributed by atoms with Gasteiger partial charge in [0.2, 0.25) is 0 Å². The van der Waals surface area contributed by atoms with Crippen molar-refractivity contribution in [2.75, 3.05) is 13.7 Å². The summed E-state index contributed by atoms with van der Waals surface area (Å²) in [5.74, 6) is -0.956. The van der Waals surface area contributed by atoms with Gasteiger partial charge in [0.15, 0.2) is 0 Å². The van der Waals surface area contributed by atoms with Crippen LogP contribution in [0.5, 0.6) is 0 Å². The summed E-state index contributed by atoms with van der Waals surface area (Å²) in [7, 11) is 1.60. The molecule has 168 valence electrons. The summed E-state index contributed by atoms with van der Waals surface area (Å²) in [6.07, 6.45) is 4.72. The van der Waals surface area contributed by atoms with Gasteiger partial charge in [0.05, 0.1) is 31.3 Å². The lowest BCUT2D eigenvalue weighted by Gasteiger charge is -2.14. The molecule has 3 atom stereocenters. The van der Waals surface area contributed by atoms with Crippen LogP contribution in [0.1, 0.15) is 92.9 Å². The number of carboxylic acids is 1. The van der Waals surface area contributed by atoms with Gasteiger partial charge in [-0.25, -0.2) is 4.89 Å². The van der Waals surface area contributed by atoms with Crippen molar-refractivity contribution < 1.29 is 35.0 Å². The predicted molar refractivity (Wildman–Crippen MR) is 110 cm³/mol. The Bertz CT molecular complexity index is 255. The van der Waals surface area contributed by atoms with E-state index in [1.165, 1.54) is 0 Å². The van der Waals surface area contributed by atoms with E-state index in [0.29, 0.717) is 13.0 Å². The highest BCUT2D eigenvalue weighted by Crippen LogP contribution is 2.09. The van der Waals surface area contributed by atoms with Gasteiger partial charge in [0.25, 0.3) is 0 Å². The zero-order chi connectivity index (χ0) is 22.1. The molecule has 7 heteroatoms. The van der Waals surface area contributed by atoms with Crippen molar-refractivity contribution in [2.24, 2.45) is 0 Å². The summed E-state index contributed by atoms with van der Waals surface area (Å²) in [6.45, 7) is 12.1. The summed E-state index contributed by atoms with van der Waals surface area (Å²) < 4.78 is 4.85. The molecule has 0 aromatic rings. The maximum atomic E-state index is 10.2. The number of aliphatic hydroxyl groups is 2. The number of hydrogen-bond donors (Lipinski definition) is 4. The third-order valence-electron chi connectivity index (χ3n) is 3.52. The van der Waals surface area contributed by atoms with Crippen LogP contribution in [0.4, 0.5) is 0 Å². The normalized spacial score (nSPS) is 12.8. The maximum Gasteiger partial charge on any atom is 0.305 e. The Morgan fingerprint density at radius 3 is 1.81 bits per heavy atom. The van der Waals surface area contributed by atoms with Crippen LogP contribution in [0.3, 0.4) is 0 Å². The molecule has 0 bridgehead atoms. The van der Waals surface area contributed by atoms with E-state index in [9.17, 15) is 9.90 Å². The van der Waals surface area contributed by atoms with Gasteiger partial charge in [0, 0.05) is 7.11 Å². The zero-order valence-corrected chi connectivity index (χ0v) is 18.6. The fourth-order valence-corrected chi connectivity index (χ4v) is 1.87. The lowest BCUT2D eigenvalue weighted by molar-refractivity contribution is -0.242. The van der Waals surface area contributed by atoms with E-state index in [4.69, 9.17) is 20.2 Å². The average molecular weight is 399 g/mol. The molecule has 0 amide bonds. The maximum absolute atomic E-state index is 10.2. The fraction of sp³-hybridized carbons (Fsp3) is 0.950. The van der Waals surface area contributed by atoms with Gasteiger partial charge in [-0.05, 0) is 26.2 Å². The highest BCUT2D eigenvalue weighted by molar-refractivity contribution is 5.67. The van der Waals surface area contributed by atoms with E-state index >= 15 is 0 Å². The number of carbonyl (C=O) groups is 1. The summed E-state index contributed by atoms with van der Waals surface area (Å²) in [6, 6.07) is 0. The molecule has 0 spiro atoms. The van der Waals surface area contributed by atoms with Crippen molar-refractivity contribution in [2.45, 2.75) is 111 Å². The Labute approximate surface area is 166 Å². The van der Waals surface area contributed by atoms with Gasteiger partial charge in [-0.15, -0.1) is 0 Å². The Morgan fingerprint density at radius 1 is 0.963 bits per heavy atom. The standard InChI is InChI=1S/C10H20O5.C6H14O2.2C2H6/c11-9(8-10(12)13)6-4-2-1-3-5-7-15-14;1-4-6(7)5(2)8-3;2*1-2/h9,11,14H,1-8H2,(H,12,13);5-7H,4H2,1-3H3;2*1-2H3/t;5?,6-;;/m.1../s1. The van der Waals surface area contributed by atoms with Crippen LogP contribution in [0.2, 0.25) is 0 Å². The number of methoxy groups -OCH3 is 1. The number of unbranched alkanes of at least 4 members (excludes halogenated alkanes) is 4. The molecule has 0 saturated heterocycles. The third-order valence-corrected chi connectivity index (χ3v) is 3.52. The first kappa shape index (κ1) is 33.8. The van der Waals surface area contributed by atoms with Crippen molar-refractivity contribution in [1.29, 1.82) is 0 Å². The smallest absolute Gasteiger partial charge is 0.305 e. The molecule has 0 aromatic heterocycles. The first-order valence-corrected chi connectivity index (χ1v) is 10.3. The molecule has 27 heavy (non-hydrogen) atoms. The monoisotopic (exact) mass is 398 g/mol. The molecule has 0 aliphatic rings.